The van der Waals surface area contributed by atoms with Crippen molar-refractivity contribution in [2.75, 3.05) is 25.5 Å². The highest BCUT2D eigenvalue weighted by Crippen LogP contribution is 2.28. The fourth-order valence-electron chi connectivity index (χ4n) is 3.88. The monoisotopic (exact) mass is 448 g/mol. The molecule has 1 N–H and O–H groups in total. The molecule has 0 spiro atoms. The van der Waals surface area contributed by atoms with Crippen LogP contribution in [0.1, 0.15) is 37.8 Å². The van der Waals surface area contributed by atoms with Gasteiger partial charge < -0.3 is 19.7 Å². The van der Waals surface area contributed by atoms with Crippen molar-refractivity contribution >= 4 is 17.5 Å². The van der Waals surface area contributed by atoms with Gasteiger partial charge in [0.1, 0.15) is 23.1 Å². The van der Waals surface area contributed by atoms with Crippen molar-refractivity contribution in [3.8, 4) is 11.5 Å². The van der Waals surface area contributed by atoms with Crippen LogP contribution in [0.15, 0.2) is 55.2 Å². The summed E-state index contributed by atoms with van der Waals surface area (Å²) in [5.74, 6) is 2.84. The number of anilines is 2. The zero-order valence-electron chi connectivity index (χ0n) is 18.8. The lowest BCUT2D eigenvalue weighted by Crippen LogP contribution is -2.45. The van der Waals surface area contributed by atoms with Crippen LogP contribution in [0.3, 0.4) is 0 Å². The number of nitrogens with one attached hydrogen (secondary N) is 1. The Balaban J connectivity index is 1.35. The Kier molecular flexibility index (Phi) is 7.29. The van der Waals surface area contributed by atoms with E-state index in [2.05, 4.69) is 20.3 Å². The molecule has 4 rings (SSSR count). The van der Waals surface area contributed by atoms with Crippen LogP contribution < -0.4 is 14.8 Å². The minimum Gasteiger partial charge on any atom is -0.497 e. The molecule has 1 aromatic carbocycles. The van der Waals surface area contributed by atoms with Gasteiger partial charge in [-0.05, 0) is 31.4 Å². The van der Waals surface area contributed by atoms with Crippen LogP contribution in [0.25, 0.3) is 0 Å². The molecule has 0 radical (unpaired) electrons. The van der Waals surface area contributed by atoms with Gasteiger partial charge in [-0.1, -0.05) is 13.0 Å². The number of carbonyl (C=O) groups is 1. The number of hydrogen-bond acceptors (Lipinski definition) is 8. The Morgan fingerprint density at radius 3 is 2.64 bits per heavy atom. The molecule has 2 aromatic heterocycles. The molecule has 1 fully saturated rings. The van der Waals surface area contributed by atoms with Crippen LogP contribution in [0.2, 0.25) is 0 Å². The molecule has 1 atom stereocenters. The number of carbonyl (C=O) groups excluding carboxylic acids is 1. The fourth-order valence-corrected chi connectivity index (χ4v) is 3.88. The van der Waals surface area contributed by atoms with Crippen LogP contribution in [-0.2, 0) is 4.79 Å². The number of benzene rings is 1. The van der Waals surface area contributed by atoms with E-state index in [4.69, 9.17) is 14.5 Å². The summed E-state index contributed by atoms with van der Waals surface area (Å²) < 4.78 is 11.2. The van der Waals surface area contributed by atoms with Crippen LogP contribution in [0.5, 0.6) is 11.5 Å². The van der Waals surface area contributed by atoms with Crippen LogP contribution in [-0.4, -0.2) is 57.0 Å². The van der Waals surface area contributed by atoms with Crippen molar-refractivity contribution in [3.05, 3.63) is 60.9 Å². The van der Waals surface area contributed by atoms with Crippen molar-refractivity contribution < 1.29 is 14.3 Å². The van der Waals surface area contributed by atoms with E-state index in [0.29, 0.717) is 42.6 Å². The second-order valence-corrected chi connectivity index (χ2v) is 7.84. The molecule has 0 bridgehead atoms. The number of aromatic nitrogens is 4. The minimum absolute atomic E-state index is 0.0166. The van der Waals surface area contributed by atoms with Crippen LogP contribution >= 0.6 is 0 Å². The normalized spacial score (nSPS) is 15.0. The van der Waals surface area contributed by atoms with Crippen molar-refractivity contribution in [1.29, 1.82) is 0 Å². The first kappa shape index (κ1) is 22.4. The molecule has 9 nitrogen and oxygen atoms in total. The number of rotatable bonds is 8. The predicted octanol–water partition coefficient (Wildman–Crippen LogP) is 3.58. The Morgan fingerprint density at radius 2 is 1.91 bits per heavy atom. The van der Waals surface area contributed by atoms with E-state index in [9.17, 15) is 4.79 Å². The van der Waals surface area contributed by atoms with Gasteiger partial charge in [0.15, 0.2) is 6.10 Å². The quantitative estimate of drug-likeness (QED) is 0.558. The summed E-state index contributed by atoms with van der Waals surface area (Å²) in [5.41, 5.74) is 0.913. The van der Waals surface area contributed by atoms with Gasteiger partial charge in [0, 0.05) is 43.7 Å². The molecule has 1 aliphatic rings. The molecule has 1 aliphatic heterocycles. The molecule has 1 saturated heterocycles. The zero-order chi connectivity index (χ0) is 23.0. The fraction of sp³-hybridized carbons (Fsp3) is 0.375. The number of piperidine rings is 1. The lowest BCUT2D eigenvalue weighted by molar-refractivity contribution is -0.140. The molecular formula is C24H28N6O3. The topological polar surface area (TPSA) is 102 Å². The van der Waals surface area contributed by atoms with E-state index in [1.165, 1.54) is 0 Å². The number of methoxy groups -OCH3 is 1. The Morgan fingerprint density at radius 1 is 1.12 bits per heavy atom. The van der Waals surface area contributed by atoms with Gasteiger partial charge in [0.25, 0.3) is 5.91 Å². The third-order valence-corrected chi connectivity index (χ3v) is 5.66. The van der Waals surface area contributed by atoms with E-state index in [-0.39, 0.29) is 11.8 Å². The highest BCUT2D eigenvalue weighted by atomic mass is 16.5. The zero-order valence-corrected chi connectivity index (χ0v) is 18.8. The largest absolute Gasteiger partial charge is 0.497 e. The number of nitrogens with zero attached hydrogens (tertiary/aromatic N) is 5. The molecule has 172 valence electrons. The summed E-state index contributed by atoms with van der Waals surface area (Å²) in [4.78, 5) is 32.3. The standard InChI is InChI=1S/C24H28N6O3/c1-3-21(33-19-6-4-5-18(13-19)32-2)24(31)30-11-7-17(8-12-30)20-14-26-16-23(28-20)29-22-15-25-9-10-27-22/h4-6,9-10,13-17,21H,3,7-8,11-12H2,1-2H3,(H,27,28,29)/t21-/m0/s1. The van der Waals surface area contributed by atoms with Crippen molar-refractivity contribution in [1.82, 2.24) is 24.8 Å². The van der Waals surface area contributed by atoms with E-state index in [0.717, 1.165) is 18.5 Å². The third kappa shape index (κ3) is 5.74. The molecule has 0 aliphatic carbocycles. The molecule has 9 heteroatoms. The number of amides is 1. The highest BCUT2D eigenvalue weighted by molar-refractivity contribution is 5.81. The lowest BCUT2D eigenvalue weighted by atomic mass is 9.93. The summed E-state index contributed by atoms with van der Waals surface area (Å²) >= 11 is 0. The molecule has 1 amide bonds. The Labute approximate surface area is 193 Å². The van der Waals surface area contributed by atoms with E-state index in [1.54, 1.807) is 44.2 Å². The van der Waals surface area contributed by atoms with E-state index in [1.807, 2.05) is 30.0 Å². The maximum absolute atomic E-state index is 13.1. The first-order chi connectivity index (χ1) is 16.2. The first-order valence-electron chi connectivity index (χ1n) is 11.1. The molecule has 3 aromatic rings. The van der Waals surface area contributed by atoms with Crippen molar-refractivity contribution in [3.63, 3.8) is 0 Å². The van der Waals surface area contributed by atoms with Crippen molar-refractivity contribution in [2.24, 2.45) is 0 Å². The van der Waals surface area contributed by atoms with Gasteiger partial charge in [-0.25, -0.2) is 9.97 Å². The Bertz CT molecular complexity index is 1060. The van der Waals surface area contributed by atoms with E-state index >= 15 is 0 Å². The highest BCUT2D eigenvalue weighted by Gasteiger charge is 2.30. The van der Waals surface area contributed by atoms with Crippen LogP contribution in [0.4, 0.5) is 11.6 Å². The molecule has 0 saturated carbocycles. The summed E-state index contributed by atoms with van der Waals surface area (Å²) in [5, 5.41) is 3.13. The summed E-state index contributed by atoms with van der Waals surface area (Å²) in [6.45, 7) is 3.27. The van der Waals surface area contributed by atoms with Gasteiger partial charge in [-0.15, -0.1) is 0 Å². The van der Waals surface area contributed by atoms with Crippen molar-refractivity contribution in [2.45, 2.75) is 38.2 Å². The molecular weight excluding hydrogens is 420 g/mol. The summed E-state index contributed by atoms with van der Waals surface area (Å²) in [7, 11) is 1.61. The van der Waals surface area contributed by atoms with Gasteiger partial charge in [0.2, 0.25) is 0 Å². The van der Waals surface area contributed by atoms with Gasteiger partial charge in [-0.3, -0.25) is 14.8 Å². The van der Waals surface area contributed by atoms with Gasteiger partial charge in [0.05, 0.1) is 25.2 Å². The minimum atomic E-state index is -0.520. The second kappa shape index (κ2) is 10.7. The second-order valence-electron chi connectivity index (χ2n) is 7.84. The number of ether oxygens (including phenoxy) is 2. The predicted molar refractivity (Wildman–Crippen MR) is 124 cm³/mol. The summed E-state index contributed by atoms with van der Waals surface area (Å²) in [6.07, 6.45) is 10.1. The lowest BCUT2D eigenvalue weighted by Gasteiger charge is -2.33. The summed E-state index contributed by atoms with van der Waals surface area (Å²) in [6, 6.07) is 7.33. The number of hydrogen-bond donors (Lipinski definition) is 1. The average molecular weight is 449 g/mol. The maximum atomic E-state index is 13.1. The smallest absolute Gasteiger partial charge is 0.263 e. The SMILES string of the molecule is CC[C@H](Oc1cccc(OC)c1)C(=O)N1CCC(c2cncc(Nc3cnccn3)n2)CC1. The molecule has 33 heavy (non-hydrogen) atoms. The maximum Gasteiger partial charge on any atom is 0.263 e. The van der Waals surface area contributed by atoms with E-state index < -0.39 is 6.10 Å². The molecule has 0 unspecified atom stereocenters. The average Bonchev–Trinajstić information content (AvgIpc) is 2.88. The van der Waals surface area contributed by atoms with Gasteiger partial charge in [-0.2, -0.15) is 0 Å². The number of likely N-dealkylation sites (tertiary alicyclic amines) is 1. The first-order valence-corrected chi connectivity index (χ1v) is 11.1. The Hall–Kier alpha value is -3.75. The van der Waals surface area contributed by atoms with Gasteiger partial charge >= 0.3 is 0 Å². The molecule has 3 heterocycles. The third-order valence-electron chi connectivity index (χ3n) is 5.66. The van der Waals surface area contributed by atoms with Crippen LogP contribution in [0, 0.1) is 0 Å².